The van der Waals surface area contributed by atoms with E-state index < -0.39 is 0 Å². The summed E-state index contributed by atoms with van der Waals surface area (Å²) in [4.78, 5) is 16.8. The zero-order chi connectivity index (χ0) is 22.3. The molecule has 2 heterocycles. The SMILES string of the molecule is CCc1ccc(-c2csc(NC(=O)CSc3nnc(COc4ccccc4Cl)o3)n2)cc1. The number of para-hydroxylation sites is 1. The normalized spacial score (nSPS) is 10.8. The van der Waals surface area contributed by atoms with Gasteiger partial charge in [0.25, 0.3) is 11.1 Å². The Hall–Kier alpha value is -2.88. The first-order valence-electron chi connectivity index (χ1n) is 9.78. The molecule has 0 aliphatic heterocycles. The Morgan fingerprint density at radius 1 is 1.19 bits per heavy atom. The lowest BCUT2D eigenvalue weighted by Crippen LogP contribution is -2.13. The van der Waals surface area contributed by atoms with Gasteiger partial charge in [-0.1, -0.05) is 66.7 Å². The van der Waals surface area contributed by atoms with Gasteiger partial charge in [-0.05, 0) is 24.1 Å². The molecule has 0 unspecified atom stereocenters. The van der Waals surface area contributed by atoms with Gasteiger partial charge in [0.15, 0.2) is 11.7 Å². The molecule has 7 nitrogen and oxygen atoms in total. The lowest BCUT2D eigenvalue weighted by molar-refractivity contribution is -0.113. The molecule has 2 aromatic heterocycles. The summed E-state index contributed by atoms with van der Waals surface area (Å²) in [6.45, 7) is 2.21. The summed E-state index contributed by atoms with van der Waals surface area (Å²) in [6, 6.07) is 15.4. The van der Waals surface area contributed by atoms with Crippen LogP contribution in [0, 0.1) is 0 Å². The van der Waals surface area contributed by atoms with Crippen molar-refractivity contribution in [3.8, 4) is 17.0 Å². The maximum atomic E-state index is 12.3. The third-order valence-corrected chi connectivity index (χ3v) is 6.26. The van der Waals surface area contributed by atoms with Crippen LogP contribution in [-0.2, 0) is 17.8 Å². The van der Waals surface area contributed by atoms with E-state index in [0.29, 0.717) is 21.8 Å². The van der Waals surface area contributed by atoms with Gasteiger partial charge in [0.2, 0.25) is 5.91 Å². The van der Waals surface area contributed by atoms with Crippen LogP contribution >= 0.6 is 34.7 Å². The largest absolute Gasteiger partial charge is 0.482 e. The monoisotopic (exact) mass is 486 g/mol. The van der Waals surface area contributed by atoms with Gasteiger partial charge in [-0.15, -0.1) is 21.5 Å². The molecule has 10 heteroatoms. The Bertz CT molecular complexity index is 1190. The number of aromatic nitrogens is 3. The summed E-state index contributed by atoms with van der Waals surface area (Å²) >= 11 is 8.58. The Balaban J connectivity index is 1.25. The summed E-state index contributed by atoms with van der Waals surface area (Å²) in [5, 5.41) is 13.9. The maximum Gasteiger partial charge on any atom is 0.277 e. The highest BCUT2D eigenvalue weighted by molar-refractivity contribution is 7.99. The average Bonchev–Trinajstić information content (AvgIpc) is 3.47. The first-order chi connectivity index (χ1) is 15.6. The van der Waals surface area contributed by atoms with Crippen molar-refractivity contribution in [1.29, 1.82) is 0 Å². The van der Waals surface area contributed by atoms with E-state index in [-0.39, 0.29) is 23.5 Å². The van der Waals surface area contributed by atoms with Gasteiger partial charge in [0, 0.05) is 10.9 Å². The molecule has 32 heavy (non-hydrogen) atoms. The van der Waals surface area contributed by atoms with Gasteiger partial charge in [-0.3, -0.25) is 4.79 Å². The van der Waals surface area contributed by atoms with E-state index in [4.69, 9.17) is 20.8 Å². The van der Waals surface area contributed by atoms with E-state index in [1.807, 2.05) is 29.6 Å². The molecule has 0 spiro atoms. The number of aryl methyl sites for hydroxylation is 1. The Labute approximate surface area is 198 Å². The molecule has 0 aliphatic rings. The van der Waals surface area contributed by atoms with Crippen LogP contribution < -0.4 is 10.1 Å². The number of benzene rings is 2. The Morgan fingerprint density at radius 2 is 2.00 bits per heavy atom. The standard InChI is InChI=1S/C22H19ClN4O3S2/c1-2-14-7-9-15(10-8-14)17-12-31-21(24-17)25-19(28)13-32-22-27-26-20(30-22)11-29-18-6-4-3-5-16(18)23/h3-10,12H,2,11,13H2,1H3,(H,24,25,28). The van der Waals surface area contributed by atoms with Gasteiger partial charge in [-0.2, -0.15) is 0 Å². The summed E-state index contributed by atoms with van der Waals surface area (Å²) in [5.41, 5.74) is 3.13. The number of carbonyl (C=O) groups excluding carboxylic acids is 1. The number of thioether (sulfide) groups is 1. The van der Waals surface area contributed by atoms with Crippen LogP contribution in [0.4, 0.5) is 5.13 Å². The number of halogens is 1. The predicted molar refractivity (Wildman–Crippen MR) is 126 cm³/mol. The van der Waals surface area contributed by atoms with Gasteiger partial charge in [0.1, 0.15) is 5.75 Å². The number of hydrogen-bond donors (Lipinski definition) is 1. The fourth-order valence-electron chi connectivity index (χ4n) is 2.71. The molecule has 0 fully saturated rings. The summed E-state index contributed by atoms with van der Waals surface area (Å²) in [5.74, 6) is 0.744. The van der Waals surface area contributed by atoms with E-state index in [1.54, 1.807) is 12.1 Å². The number of nitrogens with zero attached hydrogens (tertiary/aromatic N) is 3. The van der Waals surface area contributed by atoms with Crippen LogP contribution in [0.3, 0.4) is 0 Å². The van der Waals surface area contributed by atoms with Crippen LogP contribution in [0.5, 0.6) is 5.75 Å². The molecular weight excluding hydrogens is 468 g/mol. The highest BCUT2D eigenvalue weighted by Crippen LogP contribution is 2.26. The number of rotatable bonds is 9. The molecule has 4 rings (SSSR count). The molecule has 0 saturated heterocycles. The first-order valence-corrected chi connectivity index (χ1v) is 12.0. The number of thiazole rings is 1. The summed E-state index contributed by atoms with van der Waals surface area (Å²) < 4.78 is 11.1. The molecule has 0 atom stereocenters. The molecule has 0 bridgehead atoms. The smallest absolute Gasteiger partial charge is 0.277 e. The molecule has 0 radical (unpaired) electrons. The Kier molecular flexibility index (Phi) is 7.41. The number of hydrogen-bond acceptors (Lipinski definition) is 8. The summed E-state index contributed by atoms with van der Waals surface area (Å²) in [7, 11) is 0. The quantitative estimate of drug-likeness (QED) is 0.302. The zero-order valence-corrected chi connectivity index (χ0v) is 19.5. The third kappa shape index (κ3) is 5.87. The van der Waals surface area contributed by atoms with Crippen LogP contribution in [-0.4, -0.2) is 26.8 Å². The van der Waals surface area contributed by atoms with E-state index in [0.717, 1.165) is 29.4 Å². The van der Waals surface area contributed by atoms with E-state index >= 15 is 0 Å². The lowest BCUT2D eigenvalue weighted by Gasteiger charge is -2.04. The van der Waals surface area contributed by atoms with Crippen molar-refractivity contribution in [3.63, 3.8) is 0 Å². The van der Waals surface area contributed by atoms with Crippen LogP contribution in [0.25, 0.3) is 11.3 Å². The van der Waals surface area contributed by atoms with Crippen molar-refractivity contribution in [2.75, 3.05) is 11.1 Å². The highest BCUT2D eigenvalue weighted by Gasteiger charge is 2.13. The Morgan fingerprint density at radius 3 is 2.78 bits per heavy atom. The number of ether oxygens (including phenoxy) is 1. The molecule has 0 saturated carbocycles. The minimum absolute atomic E-state index is 0.0879. The van der Waals surface area contributed by atoms with Crippen molar-refractivity contribution >= 4 is 45.7 Å². The first kappa shape index (κ1) is 22.3. The van der Waals surface area contributed by atoms with Crippen molar-refractivity contribution in [2.24, 2.45) is 0 Å². The second-order valence-electron chi connectivity index (χ2n) is 6.61. The molecule has 164 valence electrons. The minimum Gasteiger partial charge on any atom is -0.482 e. The zero-order valence-electron chi connectivity index (χ0n) is 17.1. The fourth-order valence-corrected chi connectivity index (χ4v) is 4.22. The van der Waals surface area contributed by atoms with Gasteiger partial charge >= 0.3 is 0 Å². The van der Waals surface area contributed by atoms with Crippen LogP contribution in [0.2, 0.25) is 5.02 Å². The van der Waals surface area contributed by atoms with Crippen molar-refractivity contribution in [2.45, 2.75) is 25.2 Å². The van der Waals surface area contributed by atoms with Gasteiger partial charge in [0.05, 0.1) is 16.5 Å². The van der Waals surface area contributed by atoms with E-state index in [9.17, 15) is 4.79 Å². The van der Waals surface area contributed by atoms with Crippen LogP contribution in [0.15, 0.2) is 63.6 Å². The number of amides is 1. The maximum absolute atomic E-state index is 12.3. The van der Waals surface area contributed by atoms with Crippen molar-refractivity contribution in [1.82, 2.24) is 15.2 Å². The average molecular weight is 487 g/mol. The number of nitrogens with one attached hydrogen (secondary N) is 1. The topological polar surface area (TPSA) is 90.1 Å². The third-order valence-electron chi connectivity index (χ3n) is 4.37. The fraction of sp³-hybridized carbons (Fsp3) is 0.182. The molecular formula is C22H19ClN4O3S2. The van der Waals surface area contributed by atoms with Crippen molar-refractivity contribution in [3.05, 3.63) is 70.4 Å². The molecule has 0 aliphatic carbocycles. The van der Waals surface area contributed by atoms with E-state index in [2.05, 4.69) is 39.6 Å². The summed E-state index contributed by atoms with van der Waals surface area (Å²) in [6.07, 6.45) is 0.992. The van der Waals surface area contributed by atoms with Crippen LogP contribution in [0.1, 0.15) is 18.4 Å². The molecule has 4 aromatic rings. The molecule has 1 amide bonds. The lowest BCUT2D eigenvalue weighted by atomic mass is 10.1. The number of anilines is 1. The van der Waals surface area contributed by atoms with Gasteiger partial charge < -0.3 is 14.5 Å². The van der Waals surface area contributed by atoms with Crippen molar-refractivity contribution < 1.29 is 13.9 Å². The van der Waals surface area contributed by atoms with E-state index in [1.165, 1.54) is 16.9 Å². The second-order valence-corrected chi connectivity index (χ2v) is 8.80. The minimum atomic E-state index is -0.204. The predicted octanol–water partition coefficient (Wildman–Crippen LogP) is 5.72. The molecule has 1 N–H and O–H groups in total. The second kappa shape index (κ2) is 10.6. The number of carbonyl (C=O) groups is 1. The molecule has 2 aromatic carbocycles. The van der Waals surface area contributed by atoms with Gasteiger partial charge in [-0.25, -0.2) is 4.98 Å². The highest BCUT2D eigenvalue weighted by atomic mass is 35.5.